The van der Waals surface area contributed by atoms with E-state index in [9.17, 15) is 9.35 Å². The molecule has 1 rings (SSSR count). The molecule has 1 fully saturated rings. The number of carbonyl (C=O) groups is 1. The monoisotopic (exact) mass is 276 g/mol. The molecule has 1 aliphatic carbocycles. The smallest absolute Gasteiger partial charge is 0.404 e. The van der Waals surface area contributed by atoms with Crippen LogP contribution in [0.15, 0.2) is 0 Å². The molecule has 0 spiro atoms. The van der Waals surface area contributed by atoms with Gasteiger partial charge in [-0.25, -0.2) is 4.79 Å². The summed E-state index contributed by atoms with van der Waals surface area (Å²) in [6, 6.07) is 0.186. The molecule has 0 aromatic carbocycles. The second-order valence-corrected chi connectivity index (χ2v) is 8.01. The van der Waals surface area contributed by atoms with E-state index >= 15 is 0 Å². The van der Waals surface area contributed by atoms with Crippen molar-refractivity contribution in [2.75, 3.05) is 0 Å². The van der Waals surface area contributed by atoms with Gasteiger partial charge in [0.15, 0.2) is 0 Å². The Balaban J connectivity index is 2.40. The van der Waals surface area contributed by atoms with E-state index in [1.54, 1.807) is 0 Å². The van der Waals surface area contributed by atoms with Gasteiger partial charge in [-0.05, 0) is 52.9 Å². The highest BCUT2D eigenvalue weighted by Gasteiger charge is 2.34. The average molecular weight is 276 g/mol. The fourth-order valence-electron chi connectivity index (χ4n) is 2.22. The highest BCUT2D eigenvalue weighted by atomic mass is 32.2. The molecule has 0 saturated heterocycles. The van der Waals surface area contributed by atoms with Gasteiger partial charge in [0.25, 0.3) is 0 Å². The minimum atomic E-state index is -1.07. The first-order chi connectivity index (χ1) is 8.20. The standard InChI is InChI=1S/C12H24N2O3S/c1-8(14-18(17)12(2,3)4)9-5-6-10(7-9)13-11(15)16/h8-10,13-14H,5-7H2,1-4H3,(H,15,16)/t8-,9+,10-,18?/m0/s1. The summed E-state index contributed by atoms with van der Waals surface area (Å²) in [7, 11) is 0. The molecule has 0 bridgehead atoms. The SMILES string of the molecule is C[C@H](N[S+]([O-])C(C)(C)C)[C@@H]1CC[C@H](NC(=O)O)C1. The van der Waals surface area contributed by atoms with Crippen molar-refractivity contribution in [2.24, 2.45) is 5.92 Å². The summed E-state index contributed by atoms with van der Waals surface area (Å²) in [4.78, 5) is 10.6. The van der Waals surface area contributed by atoms with Crippen molar-refractivity contribution >= 4 is 17.5 Å². The second-order valence-electron chi connectivity index (χ2n) is 6.01. The number of rotatable bonds is 4. The number of amides is 1. The molecule has 0 aromatic rings. The van der Waals surface area contributed by atoms with Crippen LogP contribution in [0.5, 0.6) is 0 Å². The Kier molecular flexibility index (Phi) is 5.31. The first-order valence-electron chi connectivity index (χ1n) is 6.37. The van der Waals surface area contributed by atoms with Gasteiger partial charge in [0.1, 0.15) is 4.75 Å². The van der Waals surface area contributed by atoms with Crippen molar-refractivity contribution in [3.05, 3.63) is 0 Å². The largest absolute Gasteiger partial charge is 0.598 e. The van der Waals surface area contributed by atoms with Crippen LogP contribution >= 0.6 is 0 Å². The summed E-state index contributed by atoms with van der Waals surface area (Å²) in [6.45, 7) is 7.84. The number of hydrogen-bond donors (Lipinski definition) is 3. The Bertz CT molecular complexity index is 294. The summed E-state index contributed by atoms with van der Waals surface area (Å²) in [5.41, 5.74) is 0. The molecule has 1 unspecified atom stereocenters. The Hall–Kier alpha value is -0.460. The van der Waals surface area contributed by atoms with Gasteiger partial charge in [0.05, 0.1) is 6.04 Å². The van der Waals surface area contributed by atoms with Crippen LogP contribution in [-0.2, 0) is 11.4 Å². The second kappa shape index (κ2) is 6.12. The third kappa shape index (κ3) is 4.66. The number of carboxylic acid groups (broad SMARTS) is 1. The van der Waals surface area contributed by atoms with Crippen LogP contribution in [-0.4, -0.2) is 32.6 Å². The predicted octanol–water partition coefficient (Wildman–Crippen LogP) is 1.86. The van der Waals surface area contributed by atoms with Crippen molar-refractivity contribution in [1.82, 2.24) is 10.0 Å². The van der Waals surface area contributed by atoms with Gasteiger partial charge >= 0.3 is 6.09 Å². The van der Waals surface area contributed by atoms with Gasteiger partial charge in [-0.3, -0.25) is 0 Å². The molecule has 106 valence electrons. The molecule has 3 N–H and O–H groups in total. The fraction of sp³-hybridized carbons (Fsp3) is 0.917. The quantitative estimate of drug-likeness (QED) is 0.684. The van der Waals surface area contributed by atoms with Gasteiger partial charge in [-0.15, -0.1) is 4.72 Å². The fourth-order valence-corrected chi connectivity index (χ4v) is 3.10. The van der Waals surface area contributed by atoms with E-state index in [0.29, 0.717) is 5.92 Å². The zero-order valence-electron chi connectivity index (χ0n) is 11.5. The maximum absolute atomic E-state index is 12.0. The van der Waals surface area contributed by atoms with Crippen molar-refractivity contribution in [2.45, 2.75) is 63.8 Å². The van der Waals surface area contributed by atoms with Gasteiger partial charge < -0.3 is 15.0 Å². The number of hydrogen-bond acceptors (Lipinski definition) is 3. The maximum Gasteiger partial charge on any atom is 0.404 e. The van der Waals surface area contributed by atoms with E-state index in [-0.39, 0.29) is 16.8 Å². The van der Waals surface area contributed by atoms with Crippen molar-refractivity contribution < 1.29 is 14.5 Å². The number of nitrogens with one attached hydrogen (secondary N) is 2. The highest BCUT2D eigenvalue weighted by Crippen LogP contribution is 2.29. The van der Waals surface area contributed by atoms with Gasteiger partial charge in [0, 0.05) is 17.4 Å². The van der Waals surface area contributed by atoms with Crippen LogP contribution in [0.1, 0.15) is 47.0 Å². The van der Waals surface area contributed by atoms with E-state index in [4.69, 9.17) is 5.11 Å². The van der Waals surface area contributed by atoms with E-state index in [1.807, 2.05) is 27.7 Å². The molecule has 1 aliphatic rings. The summed E-state index contributed by atoms with van der Waals surface area (Å²) in [6.07, 6.45) is 1.70. The Morgan fingerprint density at radius 3 is 2.56 bits per heavy atom. The molecule has 4 atom stereocenters. The summed E-state index contributed by atoms with van der Waals surface area (Å²) in [5, 5.41) is 11.2. The third-order valence-corrected chi connectivity index (χ3v) is 5.06. The van der Waals surface area contributed by atoms with Gasteiger partial charge in [0.2, 0.25) is 0 Å². The molecular weight excluding hydrogens is 252 g/mol. The summed E-state index contributed by atoms with van der Waals surface area (Å²) >= 11 is -1.07. The van der Waals surface area contributed by atoms with Crippen LogP contribution in [0.3, 0.4) is 0 Å². The van der Waals surface area contributed by atoms with Crippen LogP contribution in [0.2, 0.25) is 0 Å². The summed E-state index contributed by atoms with van der Waals surface area (Å²) in [5.74, 6) is 0.383. The van der Waals surface area contributed by atoms with Crippen molar-refractivity contribution in [3.8, 4) is 0 Å². The van der Waals surface area contributed by atoms with E-state index < -0.39 is 17.5 Å². The molecule has 18 heavy (non-hydrogen) atoms. The van der Waals surface area contributed by atoms with E-state index in [1.165, 1.54) is 0 Å². The highest BCUT2D eigenvalue weighted by molar-refractivity contribution is 7.90. The summed E-state index contributed by atoms with van der Waals surface area (Å²) < 4.78 is 14.8. The van der Waals surface area contributed by atoms with Crippen molar-refractivity contribution in [3.63, 3.8) is 0 Å². The lowest BCUT2D eigenvalue weighted by Gasteiger charge is -2.28. The topological polar surface area (TPSA) is 84.4 Å². The third-order valence-electron chi connectivity index (χ3n) is 3.36. The molecule has 5 nitrogen and oxygen atoms in total. The van der Waals surface area contributed by atoms with E-state index in [0.717, 1.165) is 19.3 Å². The van der Waals surface area contributed by atoms with E-state index in [2.05, 4.69) is 10.0 Å². The maximum atomic E-state index is 12.0. The van der Waals surface area contributed by atoms with Gasteiger partial charge in [-0.2, -0.15) is 0 Å². The zero-order chi connectivity index (χ0) is 13.9. The molecule has 0 aliphatic heterocycles. The molecule has 6 heteroatoms. The van der Waals surface area contributed by atoms with Crippen LogP contribution in [0, 0.1) is 5.92 Å². The molecular formula is C12H24N2O3S. The Morgan fingerprint density at radius 1 is 1.44 bits per heavy atom. The van der Waals surface area contributed by atoms with Crippen LogP contribution in [0.4, 0.5) is 4.79 Å². The van der Waals surface area contributed by atoms with Crippen molar-refractivity contribution in [1.29, 1.82) is 0 Å². The average Bonchev–Trinajstić information content (AvgIpc) is 2.63. The first-order valence-corrected chi connectivity index (χ1v) is 7.52. The lowest BCUT2D eigenvalue weighted by Crippen LogP contribution is -2.46. The minimum Gasteiger partial charge on any atom is -0.598 e. The normalized spacial score (nSPS) is 27.8. The van der Waals surface area contributed by atoms with Crippen LogP contribution < -0.4 is 10.0 Å². The minimum absolute atomic E-state index is 0.0415. The molecule has 0 radical (unpaired) electrons. The molecule has 1 saturated carbocycles. The Labute approximate surface area is 112 Å². The molecule has 0 aromatic heterocycles. The zero-order valence-corrected chi connectivity index (χ0v) is 12.3. The predicted molar refractivity (Wildman–Crippen MR) is 72.8 cm³/mol. The lowest BCUT2D eigenvalue weighted by molar-refractivity contribution is 0.189. The van der Waals surface area contributed by atoms with Crippen LogP contribution in [0.25, 0.3) is 0 Å². The first kappa shape index (κ1) is 15.6. The Morgan fingerprint density at radius 2 is 2.06 bits per heavy atom. The molecule has 1 amide bonds. The lowest BCUT2D eigenvalue weighted by atomic mass is 10.0. The molecule has 0 heterocycles. The van der Waals surface area contributed by atoms with Gasteiger partial charge in [-0.1, -0.05) is 0 Å².